The molecule has 0 saturated heterocycles. The zero-order valence-corrected chi connectivity index (χ0v) is 16.3. The molecule has 25 heavy (non-hydrogen) atoms. The summed E-state index contributed by atoms with van der Waals surface area (Å²) in [7, 11) is 0. The number of aromatic nitrogens is 1. The highest BCUT2D eigenvalue weighted by atomic mass is 79.9. The molecule has 2 atom stereocenters. The van der Waals surface area contributed by atoms with Crippen molar-refractivity contribution in [2.75, 3.05) is 0 Å². The van der Waals surface area contributed by atoms with E-state index in [-0.39, 0.29) is 41.8 Å². The van der Waals surface area contributed by atoms with Crippen LogP contribution in [0.4, 0.5) is 0 Å². The van der Waals surface area contributed by atoms with Gasteiger partial charge in [-0.1, -0.05) is 6.42 Å². The molecule has 0 bridgehead atoms. The van der Waals surface area contributed by atoms with E-state index in [4.69, 9.17) is 0 Å². The van der Waals surface area contributed by atoms with Gasteiger partial charge in [-0.05, 0) is 55.1 Å². The second-order valence-electron chi connectivity index (χ2n) is 6.92. The lowest BCUT2D eigenvalue weighted by molar-refractivity contribution is -0.128. The molecule has 2 unspecified atom stereocenters. The van der Waals surface area contributed by atoms with Gasteiger partial charge in [-0.2, -0.15) is 0 Å². The van der Waals surface area contributed by atoms with E-state index in [0.29, 0.717) is 13.0 Å². The molecule has 6 nitrogen and oxygen atoms in total. The zero-order valence-electron chi connectivity index (χ0n) is 14.8. The molecular formula is C18H26BrN3O3. The number of rotatable bonds is 6. The number of nitrogens with one attached hydrogen (secondary N) is 2. The van der Waals surface area contributed by atoms with E-state index < -0.39 is 0 Å². The van der Waals surface area contributed by atoms with Gasteiger partial charge in [0.25, 0.3) is 5.56 Å². The number of hydrogen-bond acceptors (Lipinski definition) is 3. The number of amides is 2. The highest BCUT2D eigenvalue weighted by molar-refractivity contribution is 9.10. The number of halogens is 1. The molecule has 1 aromatic heterocycles. The summed E-state index contributed by atoms with van der Waals surface area (Å²) < 4.78 is 2.32. The first-order chi connectivity index (χ1) is 11.8. The largest absolute Gasteiger partial charge is 0.354 e. The predicted molar refractivity (Wildman–Crippen MR) is 100 cm³/mol. The Kier molecular flexibility index (Phi) is 7.23. The van der Waals surface area contributed by atoms with Gasteiger partial charge in [-0.25, -0.2) is 0 Å². The monoisotopic (exact) mass is 411 g/mol. The SMILES string of the molecule is CC(C)NC(=O)C1CCCC(NC(=O)CCn2cc(Br)ccc2=O)C1. The normalized spacial score (nSPS) is 20.3. The van der Waals surface area contributed by atoms with E-state index in [1.54, 1.807) is 12.3 Å². The van der Waals surface area contributed by atoms with Gasteiger partial charge in [0.15, 0.2) is 0 Å². The standard InChI is InChI=1S/C18H26BrN3O3/c1-12(2)20-18(25)13-4-3-5-15(10-13)21-16(23)8-9-22-11-14(19)6-7-17(22)24/h6-7,11-13,15H,3-5,8-10H2,1-2H3,(H,20,25)(H,21,23). The summed E-state index contributed by atoms with van der Waals surface area (Å²) in [5.74, 6) is -0.0365. The Bertz CT molecular complexity index is 672. The molecule has 1 aromatic rings. The lowest BCUT2D eigenvalue weighted by atomic mass is 9.85. The molecule has 0 aliphatic heterocycles. The second kappa shape index (κ2) is 9.17. The van der Waals surface area contributed by atoms with Crippen molar-refractivity contribution in [3.8, 4) is 0 Å². The lowest BCUT2D eigenvalue weighted by Crippen LogP contribution is -2.44. The number of hydrogen-bond donors (Lipinski definition) is 2. The summed E-state index contributed by atoms with van der Waals surface area (Å²) in [4.78, 5) is 36.1. The number of pyridine rings is 1. The van der Waals surface area contributed by atoms with Crippen LogP contribution >= 0.6 is 15.9 Å². The Hall–Kier alpha value is -1.63. The summed E-state index contributed by atoms with van der Waals surface area (Å²) in [6, 6.07) is 3.32. The van der Waals surface area contributed by atoms with Crippen LogP contribution in [-0.4, -0.2) is 28.5 Å². The minimum absolute atomic E-state index is 0.0309. The molecule has 0 radical (unpaired) electrons. The van der Waals surface area contributed by atoms with Crippen molar-refractivity contribution in [1.29, 1.82) is 0 Å². The van der Waals surface area contributed by atoms with Crippen LogP contribution in [0.2, 0.25) is 0 Å². The minimum atomic E-state index is -0.126. The molecule has 138 valence electrons. The summed E-state index contributed by atoms with van der Waals surface area (Å²) in [5.41, 5.74) is -0.126. The van der Waals surface area contributed by atoms with E-state index in [0.717, 1.165) is 23.7 Å². The van der Waals surface area contributed by atoms with E-state index in [1.165, 1.54) is 10.6 Å². The lowest BCUT2D eigenvalue weighted by Gasteiger charge is -2.29. The Balaban J connectivity index is 1.82. The fourth-order valence-electron chi connectivity index (χ4n) is 3.16. The maximum absolute atomic E-state index is 12.2. The van der Waals surface area contributed by atoms with E-state index in [1.807, 2.05) is 13.8 Å². The minimum Gasteiger partial charge on any atom is -0.354 e. The number of carbonyl (C=O) groups is 2. The molecule has 0 aromatic carbocycles. The zero-order chi connectivity index (χ0) is 18.4. The number of aryl methyl sites for hydroxylation is 1. The Morgan fingerprint density at radius 3 is 2.80 bits per heavy atom. The van der Waals surface area contributed by atoms with Crippen molar-refractivity contribution in [3.05, 3.63) is 33.2 Å². The summed E-state index contributed by atoms with van der Waals surface area (Å²) in [6.07, 6.45) is 5.32. The summed E-state index contributed by atoms with van der Waals surface area (Å²) in [6.45, 7) is 4.24. The number of nitrogens with zero attached hydrogens (tertiary/aromatic N) is 1. The van der Waals surface area contributed by atoms with Crippen LogP contribution in [0, 0.1) is 5.92 Å². The molecule has 1 aliphatic rings. The Morgan fingerprint density at radius 1 is 1.32 bits per heavy atom. The van der Waals surface area contributed by atoms with E-state index in [2.05, 4.69) is 26.6 Å². The average Bonchev–Trinajstić information content (AvgIpc) is 2.55. The maximum Gasteiger partial charge on any atom is 0.250 e. The molecule has 7 heteroatoms. The third-order valence-corrected chi connectivity index (χ3v) is 4.84. The van der Waals surface area contributed by atoms with Crippen molar-refractivity contribution >= 4 is 27.7 Å². The van der Waals surface area contributed by atoms with Crippen LogP contribution < -0.4 is 16.2 Å². The van der Waals surface area contributed by atoms with Gasteiger partial charge in [0.2, 0.25) is 11.8 Å². The molecule has 2 N–H and O–H groups in total. The van der Waals surface area contributed by atoms with Gasteiger partial charge < -0.3 is 15.2 Å². The van der Waals surface area contributed by atoms with Crippen LogP contribution in [0.5, 0.6) is 0 Å². The predicted octanol–water partition coefficient (Wildman–Crippen LogP) is 2.20. The van der Waals surface area contributed by atoms with E-state index in [9.17, 15) is 14.4 Å². The quantitative estimate of drug-likeness (QED) is 0.752. The highest BCUT2D eigenvalue weighted by Crippen LogP contribution is 2.24. The molecule has 1 aliphatic carbocycles. The second-order valence-corrected chi connectivity index (χ2v) is 7.84. The number of carbonyl (C=O) groups excluding carboxylic acids is 2. The van der Waals surface area contributed by atoms with Crippen molar-refractivity contribution in [2.45, 2.75) is 64.6 Å². The van der Waals surface area contributed by atoms with Gasteiger partial charge in [0.05, 0.1) is 0 Å². The van der Waals surface area contributed by atoms with Crippen molar-refractivity contribution in [2.24, 2.45) is 5.92 Å². The van der Waals surface area contributed by atoms with Crippen LogP contribution in [0.3, 0.4) is 0 Å². The molecular weight excluding hydrogens is 386 g/mol. The third kappa shape index (κ3) is 6.30. The highest BCUT2D eigenvalue weighted by Gasteiger charge is 2.28. The van der Waals surface area contributed by atoms with Crippen molar-refractivity contribution in [1.82, 2.24) is 15.2 Å². The third-order valence-electron chi connectivity index (χ3n) is 4.37. The van der Waals surface area contributed by atoms with Gasteiger partial charge in [-0.3, -0.25) is 14.4 Å². The van der Waals surface area contributed by atoms with Crippen LogP contribution in [0.1, 0.15) is 46.0 Å². The van der Waals surface area contributed by atoms with Crippen LogP contribution in [0.25, 0.3) is 0 Å². The molecule has 1 heterocycles. The molecule has 1 fully saturated rings. The summed E-state index contributed by atoms with van der Waals surface area (Å²) in [5, 5.41) is 5.97. The average molecular weight is 412 g/mol. The van der Waals surface area contributed by atoms with E-state index >= 15 is 0 Å². The maximum atomic E-state index is 12.2. The smallest absolute Gasteiger partial charge is 0.250 e. The fraction of sp³-hybridized carbons (Fsp3) is 0.611. The van der Waals surface area contributed by atoms with Gasteiger partial charge in [0, 0.05) is 47.7 Å². The van der Waals surface area contributed by atoms with Crippen LogP contribution in [-0.2, 0) is 16.1 Å². The molecule has 2 rings (SSSR count). The van der Waals surface area contributed by atoms with Gasteiger partial charge in [-0.15, -0.1) is 0 Å². The topological polar surface area (TPSA) is 80.2 Å². The van der Waals surface area contributed by atoms with Crippen LogP contribution in [0.15, 0.2) is 27.6 Å². The first-order valence-electron chi connectivity index (χ1n) is 8.81. The Labute approximate surface area is 156 Å². The van der Waals surface area contributed by atoms with Crippen molar-refractivity contribution in [3.63, 3.8) is 0 Å². The Morgan fingerprint density at radius 2 is 2.08 bits per heavy atom. The van der Waals surface area contributed by atoms with Gasteiger partial charge in [0.1, 0.15) is 0 Å². The molecule has 1 saturated carbocycles. The first kappa shape index (κ1) is 19.7. The fourth-order valence-corrected chi connectivity index (χ4v) is 3.54. The van der Waals surface area contributed by atoms with Gasteiger partial charge >= 0.3 is 0 Å². The summed E-state index contributed by atoms with van der Waals surface area (Å²) >= 11 is 3.32. The van der Waals surface area contributed by atoms with Crippen molar-refractivity contribution < 1.29 is 9.59 Å². The molecule has 0 spiro atoms. The molecule has 2 amide bonds. The first-order valence-corrected chi connectivity index (χ1v) is 9.60.